The molecule has 3 nitrogen and oxygen atoms in total. The zero-order chi connectivity index (χ0) is 11.0. The molecule has 0 amide bonds. The van der Waals surface area contributed by atoms with Gasteiger partial charge in [-0.05, 0) is 30.9 Å². The zero-order valence-electron chi connectivity index (χ0n) is 9.41. The van der Waals surface area contributed by atoms with Gasteiger partial charge in [0.1, 0.15) is 12.4 Å². The highest BCUT2D eigenvalue weighted by Gasteiger charge is 2.25. The van der Waals surface area contributed by atoms with E-state index in [1.807, 2.05) is 12.1 Å². The van der Waals surface area contributed by atoms with Gasteiger partial charge in [-0.3, -0.25) is 0 Å². The minimum atomic E-state index is 0.474. The fraction of sp³-hybridized carbons (Fsp3) is 0.538. The van der Waals surface area contributed by atoms with Crippen molar-refractivity contribution in [3.8, 4) is 5.75 Å². The number of hydrogen-bond donors (Lipinski definition) is 2. The summed E-state index contributed by atoms with van der Waals surface area (Å²) in [7, 11) is 0. The summed E-state index contributed by atoms with van der Waals surface area (Å²) in [6, 6.07) is 7.16. The van der Waals surface area contributed by atoms with Crippen molar-refractivity contribution in [2.75, 3.05) is 12.3 Å². The monoisotopic (exact) mass is 218 g/mol. The van der Waals surface area contributed by atoms with Crippen LogP contribution in [0.5, 0.6) is 5.75 Å². The molecule has 0 aromatic heterocycles. The molecular weight excluding hydrogens is 200 g/mol. The molecule has 1 aromatic carbocycles. The second kappa shape index (κ2) is 3.98. The summed E-state index contributed by atoms with van der Waals surface area (Å²) in [5.41, 5.74) is 7.79. The largest absolute Gasteiger partial charge is 0.492 e. The summed E-state index contributed by atoms with van der Waals surface area (Å²) in [5, 5.41) is 3.65. The first-order valence-corrected chi connectivity index (χ1v) is 6.08. The van der Waals surface area contributed by atoms with Crippen LogP contribution >= 0.6 is 0 Å². The second-order valence-electron chi connectivity index (χ2n) is 4.87. The van der Waals surface area contributed by atoms with Gasteiger partial charge in [-0.2, -0.15) is 0 Å². The summed E-state index contributed by atoms with van der Waals surface area (Å²) in [5.74, 6) is 0.964. The molecule has 0 saturated heterocycles. The Labute approximate surface area is 96.0 Å². The maximum Gasteiger partial charge on any atom is 0.124 e. The van der Waals surface area contributed by atoms with E-state index < -0.39 is 0 Å². The van der Waals surface area contributed by atoms with E-state index in [2.05, 4.69) is 11.4 Å². The van der Waals surface area contributed by atoms with E-state index in [9.17, 15) is 0 Å². The Bertz CT molecular complexity index is 388. The fourth-order valence-corrected chi connectivity index (χ4v) is 2.40. The highest BCUT2D eigenvalue weighted by molar-refractivity contribution is 5.49. The third kappa shape index (κ3) is 1.87. The van der Waals surface area contributed by atoms with Crippen LogP contribution < -0.4 is 15.8 Å². The lowest BCUT2D eigenvalue weighted by Gasteiger charge is -2.34. The van der Waals surface area contributed by atoms with Crippen LogP contribution in [0.25, 0.3) is 0 Å². The lowest BCUT2D eigenvalue weighted by molar-refractivity contribution is 0.204. The Morgan fingerprint density at radius 2 is 2.12 bits per heavy atom. The quantitative estimate of drug-likeness (QED) is 0.743. The Hall–Kier alpha value is -1.22. The first kappa shape index (κ1) is 9.97. The van der Waals surface area contributed by atoms with Gasteiger partial charge in [0, 0.05) is 23.8 Å². The number of nitrogen functional groups attached to an aromatic ring is 1. The van der Waals surface area contributed by atoms with Gasteiger partial charge in [0.2, 0.25) is 0 Å². The lowest BCUT2D eigenvalue weighted by Crippen LogP contribution is -2.47. The molecule has 1 fully saturated rings. The van der Waals surface area contributed by atoms with Crippen molar-refractivity contribution in [2.24, 2.45) is 0 Å². The SMILES string of the molecule is Nc1ccc2c(c1)OCC(NC1CCC1)C2. The second-order valence-corrected chi connectivity index (χ2v) is 4.87. The molecule has 1 saturated carbocycles. The van der Waals surface area contributed by atoms with E-state index in [1.54, 1.807) is 0 Å². The number of fused-ring (bicyclic) bond motifs is 1. The average molecular weight is 218 g/mol. The molecule has 3 rings (SSSR count). The van der Waals surface area contributed by atoms with Crippen molar-refractivity contribution in [2.45, 2.75) is 37.8 Å². The van der Waals surface area contributed by atoms with E-state index in [-0.39, 0.29) is 0 Å². The van der Waals surface area contributed by atoms with Crippen LogP contribution in [0.4, 0.5) is 5.69 Å². The molecule has 16 heavy (non-hydrogen) atoms. The van der Waals surface area contributed by atoms with Crippen molar-refractivity contribution < 1.29 is 4.74 Å². The third-order valence-electron chi connectivity index (χ3n) is 3.57. The van der Waals surface area contributed by atoms with Gasteiger partial charge in [0.15, 0.2) is 0 Å². The molecule has 86 valence electrons. The van der Waals surface area contributed by atoms with Crippen LogP contribution in [0.1, 0.15) is 24.8 Å². The molecule has 0 bridgehead atoms. The van der Waals surface area contributed by atoms with Crippen LogP contribution in [-0.2, 0) is 6.42 Å². The standard InChI is InChI=1S/C13H18N2O/c14-10-5-4-9-6-12(8-16-13(9)7-10)15-11-2-1-3-11/h4-5,7,11-12,15H,1-3,6,8,14H2. The van der Waals surface area contributed by atoms with Crippen LogP contribution in [0, 0.1) is 0 Å². The molecule has 1 unspecified atom stereocenters. The van der Waals surface area contributed by atoms with Gasteiger partial charge in [0.05, 0.1) is 0 Å². The van der Waals surface area contributed by atoms with Crippen LogP contribution in [0.2, 0.25) is 0 Å². The zero-order valence-corrected chi connectivity index (χ0v) is 9.41. The normalized spacial score (nSPS) is 24.4. The number of nitrogens with one attached hydrogen (secondary N) is 1. The van der Waals surface area contributed by atoms with Gasteiger partial charge in [0.25, 0.3) is 0 Å². The van der Waals surface area contributed by atoms with Crippen molar-refractivity contribution in [3.63, 3.8) is 0 Å². The van der Waals surface area contributed by atoms with E-state index in [0.29, 0.717) is 6.04 Å². The minimum Gasteiger partial charge on any atom is -0.492 e. The first-order chi connectivity index (χ1) is 7.81. The number of hydrogen-bond acceptors (Lipinski definition) is 3. The Morgan fingerprint density at radius 3 is 2.88 bits per heavy atom. The van der Waals surface area contributed by atoms with Crippen LogP contribution in [-0.4, -0.2) is 18.7 Å². The highest BCUT2D eigenvalue weighted by atomic mass is 16.5. The summed E-state index contributed by atoms with van der Waals surface area (Å²) >= 11 is 0. The summed E-state index contributed by atoms with van der Waals surface area (Å²) in [6.45, 7) is 0.771. The Kier molecular flexibility index (Phi) is 2.48. The van der Waals surface area contributed by atoms with Gasteiger partial charge in [-0.25, -0.2) is 0 Å². The molecule has 3 heteroatoms. The highest BCUT2D eigenvalue weighted by Crippen LogP contribution is 2.28. The topological polar surface area (TPSA) is 47.3 Å². The Morgan fingerprint density at radius 1 is 1.25 bits per heavy atom. The molecular formula is C13H18N2O. The predicted octanol–water partition coefficient (Wildman–Crippen LogP) is 1.71. The van der Waals surface area contributed by atoms with E-state index in [4.69, 9.17) is 10.5 Å². The van der Waals surface area contributed by atoms with Crippen molar-refractivity contribution in [3.05, 3.63) is 23.8 Å². The van der Waals surface area contributed by atoms with Gasteiger partial charge >= 0.3 is 0 Å². The molecule has 2 aliphatic rings. The molecule has 1 heterocycles. The molecule has 1 aliphatic carbocycles. The van der Waals surface area contributed by atoms with Gasteiger partial charge in [-0.1, -0.05) is 12.5 Å². The van der Waals surface area contributed by atoms with E-state index in [1.165, 1.54) is 24.8 Å². The molecule has 3 N–H and O–H groups in total. The molecule has 1 atom stereocenters. The molecule has 0 radical (unpaired) electrons. The third-order valence-corrected chi connectivity index (χ3v) is 3.57. The van der Waals surface area contributed by atoms with Crippen molar-refractivity contribution in [1.82, 2.24) is 5.32 Å². The van der Waals surface area contributed by atoms with Gasteiger partial charge < -0.3 is 15.8 Å². The van der Waals surface area contributed by atoms with Crippen molar-refractivity contribution in [1.29, 1.82) is 0 Å². The summed E-state index contributed by atoms with van der Waals surface area (Å²) < 4.78 is 5.74. The summed E-state index contributed by atoms with van der Waals surface area (Å²) in [6.07, 6.45) is 5.08. The number of nitrogens with two attached hydrogens (primary N) is 1. The smallest absolute Gasteiger partial charge is 0.124 e. The number of benzene rings is 1. The lowest BCUT2D eigenvalue weighted by atomic mass is 9.91. The maximum absolute atomic E-state index is 5.74. The minimum absolute atomic E-state index is 0.474. The molecule has 1 aromatic rings. The predicted molar refractivity (Wildman–Crippen MR) is 64.6 cm³/mol. The molecule has 0 spiro atoms. The number of ether oxygens (including phenoxy) is 1. The van der Waals surface area contributed by atoms with Crippen molar-refractivity contribution >= 4 is 5.69 Å². The van der Waals surface area contributed by atoms with Gasteiger partial charge in [-0.15, -0.1) is 0 Å². The average Bonchev–Trinajstić information content (AvgIpc) is 2.23. The van der Waals surface area contributed by atoms with E-state index >= 15 is 0 Å². The maximum atomic E-state index is 5.74. The summed E-state index contributed by atoms with van der Waals surface area (Å²) in [4.78, 5) is 0. The molecule has 1 aliphatic heterocycles. The number of anilines is 1. The fourth-order valence-electron chi connectivity index (χ4n) is 2.40. The number of rotatable bonds is 2. The van der Waals surface area contributed by atoms with E-state index in [0.717, 1.165) is 30.5 Å². The Balaban J connectivity index is 1.68. The first-order valence-electron chi connectivity index (χ1n) is 6.08. The van der Waals surface area contributed by atoms with Crippen LogP contribution in [0.3, 0.4) is 0 Å². The van der Waals surface area contributed by atoms with Crippen LogP contribution in [0.15, 0.2) is 18.2 Å².